The first kappa shape index (κ1) is 17.7. The first-order chi connectivity index (χ1) is 10.2. The second kappa shape index (κ2) is 6.49. The van der Waals surface area contributed by atoms with Gasteiger partial charge in [-0.3, -0.25) is 0 Å². The number of aliphatic hydroxyl groups excluding tert-OH is 2. The Labute approximate surface area is 136 Å². The van der Waals surface area contributed by atoms with Crippen LogP contribution in [-0.4, -0.2) is 22.9 Å². The summed E-state index contributed by atoms with van der Waals surface area (Å²) in [5, 5.41) is 19.5. The molecular formula is C20H34O2. The molecule has 0 bridgehead atoms. The number of allylic oxidation sites excluding steroid dienone is 3. The van der Waals surface area contributed by atoms with Crippen LogP contribution in [-0.2, 0) is 0 Å². The Bertz CT molecular complexity index is 460. The second-order valence-electron chi connectivity index (χ2n) is 8.62. The molecule has 0 heterocycles. The van der Waals surface area contributed by atoms with Crippen LogP contribution in [0.25, 0.3) is 0 Å². The molecule has 4 atom stereocenters. The average molecular weight is 306 g/mol. The van der Waals surface area contributed by atoms with Crippen molar-refractivity contribution in [3.63, 3.8) is 0 Å². The smallest absolute Gasteiger partial charge is 0.0614 e. The summed E-state index contributed by atoms with van der Waals surface area (Å²) in [5.41, 5.74) is 3.18. The number of aliphatic hydroxyl groups is 2. The average Bonchev–Trinajstić information content (AvgIpc) is 2.35. The van der Waals surface area contributed by atoms with Crippen LogP contribution in [0, 0.1) is 22.7 Å². The van der Waals surface area contributed by atoms with E-state index in [9.17, 15) is 5.11 Å². The first-order valence-electron chi connectivity index (χ1n) is 8.82. The maximum absolute atomic E-state index is 10.5. The van der Waals surface area contributed by atoms with Gasteiger partial charge in [-0.05, 0) is 68.6 Å². The molecule has 1 saturated carbocycles. The summed E-state index contributed by atoms with van der Waals surface area (Å²) in [6.07, 6.45) is 9.37. The van der Waals surface area contributed by atoms with E-state index in [4.69, 9.17) is 5.11 Å². The zero-order valence-electron chi connectivity index (χ0n) is 15.0. The Morgan fingerprint density at radius 3 is 2.64 bits per heavy atom. The van der Waals surface area contributed by atoms with Gasteiger partial charge in [0.25, 0.3) is 0 Å². The fraction of sp³-hybridized carbons (Fsp3) is 0.800. The third kappa shape index (κ3) is 3.33. The lowest BCUT2D eigenvalue weighted by Gasteiger charge is -2.58. The number of hydrogen-bond acceptors (Lipinski definition) is 2. The van der Waals surface area contributed by atoms with Crippen LogP contribution < -0.4 is 0 Å². The highest BCUT2D eigenvalue weighted by Crippen LogP contribution is 2.60. The standard InChI is InChI=1S/C20H34O2/c1-14(10-11-21)6-8-17-15(2)7-9-18-19(3,4)12-16(22)13-20(17,18)5/h7,10,16-18,21-22H,6,8-9,11-13H2,1-5H3/b14-10+/t16-,17-,18+,20+/m1/s1. The highest BCUT2D eigenvalue weighted by molar-refractivity contribution is 5.19. The monoisotopic (exact) mass is 306 g/mol. The van der Waals surface area contributed by atoms with Crippen LogP contribution >= 0.6 is 0 Å². The van der Waals surface area contributed by atoms with Gasteiger partial charge in [-0.25, -0.2) is 0 Å². The Balaban J connectivity index is 2.25. The first-order valence-corrected chi connectivity index (χ1v) is 8.82. The van der Waals surface area contributed by atoms with Crippen LogP contribution in [0.5, 0.6) is 0 Å². The lowest BCUT2D eigenvalue weighted by atomic mass is 9.47. The Kier molecular flexibility index (Phi) is 5.23. The molecule has 2 nitrogen and oxygen atoms in total. The third-order valence-corrected chi connectivity index (χ3v) is 6.46. The minimum atomic E-state index is -0.168. The topological polar surface area (TPSA) is 40.5 Å². The number of rotatable bonds is 4. The van der Waals surface area contributed by atoms with Crippen LogP contribution in [0.15, 0.2) is 23.3 Å². The molecule has 0 amide bonds. The molecule has 0 spiro atoms. The van der Waals surface area contributed by atoms with Gasteiger partial charge >= 0.3 is 0 Å². The molecule has 2 heteroatoms. The van der Waals surface area contributed by atoms with E-state index in [2.05, 4.69) is 40.7 Å². The largest absolute Gasteiger partial charge is 0.393 e. The van der Waals surface area contributed by atoms with Crippen LogP contribution in [0.3, 0.4) is 0 Å². The summed E-state index contributed by atoms with van der Waals surface area (Å²) in [5.74, 6) is 1.20. The van der Waals surface area contributed by atoms with Crippen molar-refractivity contribution in [1.29, 1.82) is 0 Å². The van der Waals surface area contributed by atoms with E-state index in [-0.39, 0.29) is 23.5 Å². The van der Waals surface area contributed by atoms with Gasteiger partial charge < -0.3 is 10.2 Å². The molecule has 0 aliphatic heterocycles. The quantitative estimate of drug-likeness (QED) is 0.752. The number of fused-ring (bicyclic) bond motifs is 1. The zero-order valence-corrected chi connectivity index (χ0v) is 15.0. The predicted molar refractivity (Wildman–Crippen MR) is 92.6 cm³/mol. The van der Waals surface area contributed by atoms with Gasteiger partial charge in [0.1, 0.15) is 0 Å². The Morgan fingerprint density at radius 2 is 2.00 bits per heavy atom. The van der Waals surface area contributed by atoms with Crippen molar-refractivity contribution in [1.82, 2.24) is 0 Å². The molecular weight excluding hydrogens is 272 g/mol. The maximum atomic E-state index is 10.5. The van der Waals surface area contributed by atoms with Crippen LogP contribution in [0.1, 0.15) is 66.7 Å². The molecule has 1 fully saturated rings. The normalized spacial score (nSPS) is 38.4. The molecule has 2 aliphatic carbocycles. The van der Waals surface area contributed by atoms with E-state index < -0.39 is 0 Å². The highest BCUT2D eigenvalue weighted by Gasteiger charge is 2.53. The van der Waals surface area contributed by atoms with Crippen molar-refractivity contribution in [2.45, 2.75) is 72.8 Å². The predicted octanol–water partition coefficient (Wildman–Crippen LogP) is 4.47. The summed E-state index contributed by atoms with van der Waals surface area (Å²) in [6.45, 7) is 11.6. The molecule has 22 heavy (non-hydrogen) atoms. The van der Waals surface area contributed by atoms with E-state index in [0.29, 0.717) is 11.8 Å². The zero-order chi connectivity index (χ0) is 16.5. The molecule has 0 saturated heterocycles. The van der Waals surface area contributed by atoms with E-state index in [1.54, 1.807) is 0 Å². The molecule has 0 aromatic rings. The molecule has 2 aliphatic rings. The molecule has 0 aromatic carbocycles. The van der Waals surface area contributed by atoms with Crippen LogP contribution in [0.2, 0.25) is 0 Å². The van der Waals surface area contributed by atoms with Crippen molar-refractivity contribution >= 4 is 0 Å². The molecule has 2 rings (SSSR count). The van der Waals surface area contributed by atoms with Crippen LogP contribution in [0.4, 0.5) is 0 Å². The van der Waals surface area contributed by atoms with E-state index in [1.165, 1.54) is 11.1 Å². The molecule has 0 unspecified atom stereocenters. The minimum absolute atomic E-state index is 0.136. The molecule has 2 N–H and O–H groups in total. The molecule has 126 valence electrons. The Hall–Kier alpha value is -0.600. The second-order valence-corrected chi connectivity index (χ2v) is 8.62. The van der Waals surface area contributed by atoms with Gasteiger partial charge in [0, 0.05) is 0 Å². The third-order valence-electron chi connectivity index (χ3n) is 6.46. The fourth-order valence-electron chi connectivity index (χ4n) is 5.49. The van der Waals surface area contributed by atoms with Gasteiger partial charge in [0.15, 0.2) is 0 Å². The van der Waals surface area contributed by atoms with Gasteiger partial charge in [0.2, 0.25) is 0 Å². The van der Waals surface area contributed by atoms with Crippen molar-refractivity contribution in [3.8, 4) is 0 Å². The van der Waals surface area contributed by atoms with Gasteiger partial charge in [-0.15, -0.1) is 0 Å². The molecule has 0 radical (unpaired) electrons. The Morgan fingerprint density at radius 1 is 1.32 bits per heavy atom. The van der Waals surface area contributed by atoms with Gasteiger partial charge in [-0.1, -0.05) is 44.1 Å². The van der Waals surface area contributed by atoms with E-state index >= 15 is 0 Å². The summed E-state index contributed by atoms with van der Waals surface area (Å²) in [6, 6.07) is 0. The summed E-state index contributed by atoms with van der Waals surface area (Å²) in [4.78, 5) is 0. The summed E-state index contributed by atoms with van der Waals surface area (Å²) < 4.78 is 0. The lowest BCUT2D eigenvalue weighted by molar-refractivity contribution is -0.0952. The minimum Gasteiger partial charge on any atom is -0.393 e. The summed E-state index contributed by atoms with van der Waals surface area (Å²) >= 11 is 0. The number of hydrogen-bond donors (Lipinski definition) is 2. The fourth-order valence-corrected chi connectivity index (χ4v) is 5.49. The maximum Gasteiger partial charge on any atom is 0.0614 e. The van der Waals surface area contributed by atoms with Crippen molar-refractivity contribution < 1.29 is 10.2 Å². The van der Waals surface area contributed by atoms with E-state index in [0.717, 1.165) is 32.1 Å². The van der Waals surface area contributed by atoms with E-state index in [1.807, 2.05) is 6.08 Å². The van der Waals surface area contributed by atoms with Crippen molar-refractivity contribution in [3.05, 3.63) is 23.3 Å². The van der Waals surface area contributed by atoms with Crippen molar-refractivity contribution in [2.24, 2.45) is 22.7 Å². The molecule has 0 aromatic heterocycles. The summed E-state index contributed by atoms with van der Waals surface area (Å²) in [7, 11) is 0. The highest BCUT2D eigenvalue weighted by atomic mass is 16.3. The van der Waals surface area contributed by atoms with Crippen molar-refractivity contribution in [2.75, 3.05) is 6.61 Å². The SMILES string of the molecule is CC1=CC[C@H]2C(C)(C)C[C@@H](O)C[C@@]2(C)[C@@H]1CC/C(C)=C/CO. The van der Waals surface area contributed by atoms with Gasteiger partial charge in [-0.2, -0.15) is 0 Å². The van der Waals surface area contributed by atoms with Gasteiger partial charge in [0.05, 0.1) is 12.7 Å². The lowest BCUT2D eigenvalue weighted by Crippen LogP contribution is -2.52.